The third kappa shape index (κ3) is 5.39. The first-order chi connectivity index (χ1) is 17.0. The van der Waals surface area contributed by atoms with Gasteiger partial charge in [0.15, 0.2) is 11.0 Å². The maximum atomic E-state index is 14.6. The van der Waals surface area contributed by atoms with Crippen LogP contribution in [0.3, 0.4) is 0 Å². The summed E-state index contributed by atoms with van der Waals surface area (Å²) in [5, 5.41) is 17.8. The van der Waals surface area contributed by atoms with Crippen LogP contribution < -0.4 is 4.90 Å². The van der Waals surface area contributed by atoms with Crippen molar-refractivity contribution in [3.8, 4) is 23.1 Å². The van der Waals surface area contributed by atoms with Crippen molar-refractivity contribution in [2.45, 2.75) is 18.5 Å². The van der Waals surface area contributed by atoms with Gasteiger partial charge in [-0.3, -0.25) is 9.36 Å². The van der Waals surface area contributed by atoms with Gasteiger partial charge in [0, 0.05) is 12.2 Å². The molecule has 0 spiro atoms. The lowest BCUT2D eigenvalue weighted by molar-refractivity contribution is -0.116. The molecule has 0 N–H and O–H groups in total. The molecule has 1 heterocycles. The van der Waals surface area contributed by atoms with E-state index in [2.05, 4.69) is 10.2 Å². The fourth-order valence-electron chi connectivity index (χ4n) is 3.52. The van der Waals surface area contributed by atoms with Crippen molar-refractivity contribution in [3.05, 3.63) is 90.0 Å². The molecule has 35 heavy (non-hydrogen) atoms. The molecule has 0 aliphatic heterocycles. The largest absolute Gasteiger partial charge is 0.308 e. The van der Waals surface area contributed by atoms with Crippen molar-refractivity contribution in [2.75, 3.05) is 17.2 Å². The Kier molecular flexibility index (Phi) is 7.53. The Bertz CT molecular complexity index is 1380. The van der Waals surface area contributed by atoms with Crippen LogP contribution in [0.2, 0.25) is 0 Å². The van der Waals surface area contributed by atoms with E-state index < -0.39 is 11.6 Å². The number of hydrogen-bond acceptors (Lipinski definition) is 5. The number of amides is 1. The number of rotatable bonds is 8. The van der Waals surface area contributed by atoms with Gasteiger partial charge in [0.25, 0.3) is 0 Å². The van der Waals surface area contributed by atoms with Gasteiger partial charge in [-0.1, -0.05) is 53.7 Å². The molecule has 0 aliphatic carbocycles. The first kappa shape index (κ1) is 24.1. The average Bonchev–Trinajstić information content (AvgIpc) is 3.28. The molecule has 4 rings (SSSR count). The van der Waals surface area contributed by atoms with Crippen LogP contribution in [-0.4, -0.2) is 33.0 Å². The summed E-state index contributed by atoms with van der Waals surface area (Å²) in [6.45, 7) is 2.02. The predicted molar refractivity (Wildman–Crippen MR) is 131 cm³/mol. The summed E-state index contributed by atoms with van der Waals surface area (Å²) in [6.07, 6.45) is 0.0573. The first-order valence-electron chi connectivity index (χ1n) is 10.8. The van der Waals surface area contributed by atoms with Gasteiger partial charge >= 0.3 is 0 Å². The lowest BCUT2D eigenvalue weighted by Crippen LogP contribution is -2.34. The minimum Gasteiger partial charge on any atom is -0.308 e. The molecule has 9 heteroatoms. The van der Waals surface area contributed by atoms with E-state index >= 15 is 0 Å². The number of para-hydroxylation sites is 1. The summed E-state index contributed by atoms with van der Waals surface area (Å²) in [5.74, 6) is -1.16. The number of nitriles is 1. The van der Waals surface area contributed by atoms with E-state index in [0.29, 0.717) is 16.7 Å². The Morgan fingerprint density at radius 3 is 2.37 bits per heavy atom. The SMILES string of the molecule is Cc1ccc(-n2c(SCC(=O)N(CCC#N)c3ccccc3F)nnc2-c2ccccc2F)cc1. The molecule has 0 radical (unpaired) electrons. The summed E-state index contributed by atoms with van der Waals surface area (Å²) < 4.78 is 30.7. The quantitative estimate of drug-likeness (QED) is 0.303. The van der Waals surface area contributed by atoms with Crippen LogP contribution >= 0.6 is 11.8 Å². The summed E-state index contributed by atoms with van der Waals surface area (Å²) in [4.78, 5) is 14.4. The molecule has 0 fully saturated rings. The van der Waals surface area contributed by atoms with Crippen molar-refractivity contribution < 1.29 is 13.6 Å². The standard InChI is InChI=1S/C26H21F2N5OS/c1-18-11-13-19(14-12-18)33-25(20-7-2-3-8-21(20)27)30-31-26(33)35-17-24(34)32(16-6-15-29)23-10-5-4-9-22(23)28/h2-5,7-14H,6,16-17H2,1H3. The molecule has 0 aliphatic rings. The number of carbonyl (C=O) groups excluding carboxylic acids is 1. The Labute approximate surface area is 205 Å². The van der Waals surface area contributed by atoms with E-state index in [1.807, 2.05) is 37.3 Å². The summed E-state index contributed by atoms with van der Waals surface area (Å²) in [5.41, 5.74) is 2.15. The van der Waals surface area contributed by atoms with Crippen LogP contribution in [-0.2, 0) is 4.79 Å². The fourth-order valence-corrected chi connectivity index (χ4v) is 4.35. The second-order valence-corrected chi connectivity index (χ2v) is 8.59. The van der Waals surface area contributed by atoms with Crippen LogP contribution in [0.1, 0.15) is 12.0 Å². The van der Waals surface area contributed by atoms with Crippen LogP contribution in [0, 0.1) is 29.9 Å². The highest BCUT2D eigenvalue weighted by molar-refractivity contribution is 7.99. The molecule has 0 saturated carbocycles. The van der Waals surface area contributed by atoms with Crippen molar-refractivity contribution in [2.24, 2.45) is 0 Å². The van der Waals surface area contributed by atoms with Gasteiger partial charge in [-0.05, 0) is 43.3 Å². The van der Waals surface area contributed by atoms with Gasteiger partial charge in [-0.15, -0.1) is 10.2 Å². The van der Waals surface area contributed by atoms with E-state index in [-0.39, 0.29) is 35.9 Å². The molecular weight excluding hydrogens is 468 g/mol. The highest BCUT2D eigenvalue weighted by Crippen LogP contribution is 2.30. The van der Waals surface area contributed by atoms with Gasteiger partial charge in [0.05, 0.1) is 29.5 Å². The van der Waals surface area contributed by atoms with Crippen LogP contribution in [0.5, 0.6) is 0 Å². The number of halogens is 2. The van der Waals surface area contributed by atoms with E-state index in [1.165, 1.54) is 29.2 Å². The van der Waals surface area contributed by atoms with Crippen LogP contribution in [0.4, 0.5) is 14.5 Å². The third-order valence-electron chi connectivity index (χ3n) is 5.26. The molecule has 1 amide bonds. The second-order valence-electron chi connectivity index (χ2n) is 7.65. The van der Waals surface area contributed by atoms with E-state index in [1.54, 1.807) is 28.8 Å². The van der Waals surface area contributed by atoms with E-state index in [4.69, 9.17) is 5.26 Å². The number of aromatic nitrogens is 3. The number of hydrogen-bond donors (Lipinski definition) is 0. The van der Waals surface area contributed by atoms with Gasteiger partial charge in [0.1, 0.15) is 11.6 Å². The molecule has 0 unspecified atom stereocenters. The maximum absolute atomic E-state index is 14.6. The smallest absolute Gasteiger partial charge is 0.237 e. The van der Waals surface area contributed by atoms with E-state index in [0.717, 1.165) is 17.3 Å². The molecule has 4 aromatic rings. The van der Waals surface area contributed by atoms with Gasteiger partial charge in [0.2, 0.25) is 5.91 Å². The molecule has 0 saturated heterocycles. The monoisotopic (exact) mass is 489 g/mol. The summed E-state index contributed by atoms with van der Waals surface area (Å²) >= 11 is 1.11. The number of aryl methyl sites for hydroxylation is 1. The molecule has 3 aromatic carbocycles. The van der Waals surface area contributed by atoms with Crippen molar-refractivity contribution in [3.63, 3.8) is 0 Å². The maximum Gasteiger partial charge on any atom is 0.237 e. The zero-order chi connectivity index (χ0) is 24.8. The number of carbonyl (C=O) groups is 1. The Balaban J connectivity index is 1.66. The van der Waals surface area contributed by atoms with Crippen LogP contribution in [0.25, 0.3) is 17.1 Å². The topological polar surface area (TPSA) is 74.8 Å². The number of anilines is 1. The normalized spacial score (nSPS) is 10.7. The highest BCUT2D eigenvalue weighted by Gasteiger charge is 2.23. The first-order valence-corrected chi connectivity index (χ1v) is 11.8. The van der Waals surface area contributed by atoms with E-state index in [9.17, 15) is 13.6 Å². The third-order valence-corrected chi connectivity index (χ3v) is 6.17. The summed E-state index contributed by atoms with van der Waals surface area (Å²) in [6, 6.07) is 21.8. The zero-order valence-corrected chi connectivity index (χ0v) is 19.7. The molecule has 0 atom stereocenters. The number of benzene rings is 3. The molecule has 1 aromatic heterocycles. The molecule has 6 nitrogen and oxygen atoms in total. The van der Waals surface area contributed by atoms with Crippen molar-refractivity contribution >= 4 is 23.4 Å². The minimum absolute atomic E-state index is 0.0573. The number of nitrogens with zero attached hydrogens (tertiary/aromatic N) is 5. The molecular formula is C26H21F2N5OS. The Morgan fingerprint density at radius 2 is 1.69 bits per heavy atom. The molecule has 176 valence electrons. The average molecular weight is 490 g/mol. The Morgan fingerprint density at radius 1 is 1.00 bits per heavy atom. The fraction of sp³-hybridized carbons (Fsp3) is 0.154. The number of thioether (sulfide) groups is 1. The predicted octanol–water partition coefficient (Wildman–Crippen LogP) is 5.56. The highest BCUT2D eigenvalue weighted by atomic mass is 32.2. The van der Waals surface area contributed by atoms with Crippen molar-refractivity contribution in [1.29, 1.82) is 5.26 Å². The molecule has 0 bridgehead atoms. The Hall–Kier alpha value is -4.03. The zero-order valence-electron chi connectivity index (χ0n) is 18.9. The van der Waals surface area contributed by atoms with Gasteiger partial charge in [-0.2, -0.15) is 5.26 Å². The summed E-state index contributed by atoms with van der Waals surface area (Å²) in [7, 11) is 0. The minimum atomic E-state index is -0.548. The van der Waals surface area contributed by atoms with Gasteiger partial charge in [-0.25, -0.2) is 8.78 Å². The second kappa shape index (κ2) is 10.9. The van der Waals surface area contributed by atoms with Crippen LogP contribution in [0.15, 0.2) is 78.0 Å². The lowest BCUT2D eigenvalue weighted by atomic mass is 10.2. The lowest BCUT2D eigenvalue weighted by Gasteiger charge is -2.22. The van der Waals surface area contributed by atoms with Gasteiger partial charge < -0.3 is 4.90 Å². The van der Waals surface area contributed by atoms with Crippen molar-refractivity contribution in [1.82, 2.24) is 14.8 Å².